The zero-order valence-electron chi connectivity index (χ0n) is 11.5. The maximum atomic E-state index is 10.1. The second kappa shape index (κ2) is 5.33. The number of hydrogen-bond acceptors (Lipinski definition) is 5. The molecule has 4 N–H and O–H groups in total. The molecule has 0 aromatic carbocycles. The molecular formula is C14H21N5O. The summed E-state index contributed by atoms with van der Waals surface area (Å²) >= 11 is 0. The fraction of sp³-hybridized carbons (Fsp3) is 0.714. The number of nitrogen functional groups attached to an aromatic ring is 1. The van der Waals surface area contributed by atoms with Crippen LogP contribution < -0.4 is 11.1 Å². The maximum absolute atomic E-state index is 10.1. The SMILES string of the molecule is N#Cc1c(NC2CCC2)nn(C2CCCCC2O)c1N. The number of aliphatic hydroxyl groups is 1. The van der Waals surface area contributed by atoms with Gasteiger partial charge in [-0.1, -0.05) is 12.8 Å². The fourth-order valence-electron chi connectivity index (χ4n) is 3.03. The third kappa shape index (κ3) is 2.22. The number of nitrogens with one attached hydrogen (secondary N) is 1. The molecule has 0 aliphatic heterocycles. The van der Waals surface area contributed by atoms with E-state index in [1.165, 1.54) is 6.42 Å². The van der Waals surface area contributed by atoms with Crippen LogP contribution in [0.1, 0.15) is 56.6 Å². The first kappa shape index (κ1) is 13.3. The number of nitriles is 1. The molecule has 108 valence electrons. The van der Waals surface area contributed by atoms with Gasteiger partial charge in [-0.2, -0.15) is 10.4 Å². The van der Waals surface area contributed by atoms with Crippen molar-refractivity contribution in [3.8, 4) is 6.07 Å². The van der Waals surface area contributed by atoms with E-state index in [9.17, 15) is 10.4 Å². The summed E-state index contributed by atoms with van der Waals surface area (Å²) in [5.41, 5.74) is 6.48. The molecule has 2 unspecified atom stereocenters. The number of hydrogen-bond donors (Lipinski definition) is 3. The van der Waals surface area contributed by atoms with Crippen molar-refractivity contribution in [1.82, 2.24) is 9.78 Å². The lowest BCUT2D eigenvalue weighted by Crippen LogP contribution is -2.30. The van der Waals surface area contributed by atoms with Crippen molar-refractivity contribution in [3.05, 3.63) is 5.56 Å². The molecule has 1 heterocycles. The Kier molecular flexibility index (Phi) is 3.53. The number of rotatable bonds is 3. The average Bonchev–Trinajstić information content (AvgIpc) is 2.71. The summed E-state index contributed by atoms with van der Waals surface area (Å²) in [6.45, 7) is 0. The van der Waals surface area contributed by atoms with Gasteiger partial charge in [0, 0.05) is 6.04 Å². The molecule has 1 aromatic heterocycles. The molecule has 1 aromatic rings. The van der Waals surface area contributed by atoms with Crippen LogP contribution in [0.15, 0.2) is 0 Å². The molecule has 2 aliphatic carbocycles. The van der Waals surface area contributed by atoms with E-state index in [0.29, 0.717) is 23.2 Å². The van der Waals surface area contributed by atoms with Gasteiger partial charge in [0.2, 0.25) is 0 Å². The Labute approximate surface area is 118 Å². The van der Waals surface area contributed by atoms with Crippen LogP contribution in [0.4, 0.5) is 11.6 Å². The summed E-state index contributed by atoms with van der Waals surface area (Å²) in [5, 5.41) is 27.2. The molecule has 2 atom stereocenters. The van der Waals surface area contributed by atoms with E-state index in [1.54, 1.807) is 4.68 Å². The molecule has 6 nitrogen and oxygen atoms in total. The van der Waals surface area contributed by atoms with E-state index in [2.05, 4.69) is 16.5 Å². The zero-order chi connectivity index (χ0) is 14.1. The maximum Gasteiger partial charge on any atom is 0.168 e. The number of nitrogens with zero attached hydrogens (tertiary/aromatic N) is 3. The lowest BCUT2D eigenvalue weighted by molar-refractivity contribution is 0.0707. The third-order valence-corrected chi connectivity index (χ3v) is 4.51. The molecule has 0 amide bonds. The fourth-order valence-corrected chi connectivity index (χ4v) is 3.03. The van der Waals surface area contributed by atoms with Crippen molar-refractivity contribution in [1.29, 1.82) is 5.26 Å². The zero-order valence-corrected chi connectivity index (χ0v) is 11.5. The first-order chi connectivity index (χ1) is 9.70. The summed E-state index contributed by atoms with van der Waals surface area (Å²) in [4.78, 5) is 0. The minimum Gasteiger partial charge on any atom is -0.391 e. The predicted octanol–water partition coefficient (Wildman–Crippen LogP) is 1.78. The molecule has 20 heavy (non-hydrogen) atoms. The minimum atomic E-state index is -0.422. The summed E-state index contributed by atoms with van der Waals surface area (Å²) in [5.74, 6) is 0.952. The molecule has 2 fully saturated rings. The Morgan fingerprint density at radius 3 is 2.60 bits per heavy atom. The Bertz CT molecular complexity index is 528. The van der Waals surface area contributed by atoms with E-state index >= 15 is 0 Å². The Morgan fingerprint density at radius 2 is 2.00 bits per heavy atom. The molecule has 6 heteroatoms. The standard InChI is InChI=1S/C14H21N5O/c15-8-10-13(16)19(11-6-1-2-7-12(11)20)18-14(10)17-9-4-3-5-9/h9,11-12,20H,1-7,16H2,(H,17,18). The van der Waals surface area contributed by atoms with Gasteiger partial charge >= 0.3 is 0 Å². The first-order valence-electron chi connectivity index (χ1n) is 7.43. The van der Waals surface area contributed by atoms with Crippen LogP contribution >= 0.6 is 0 Å². The average molecular weight is 275 g/mol. The van der Waals surface area contributed by atoms with Crippen molar-refractivity contribution in [3.63, 3.8) is 0 Å². The molecule has 0 spiro atoms. The highest BCUT2D eigenvalue weighted by molar-refractivity contribution is 5.64. The van der Waals surface area contributed by atoms with Gasteiger partial charge in [0.25, 0.3) is 0 Å². The van der Waals surface area contributed by atoms with E-state index in [4.69, 9.17) is 5.73 Å². The van der Waals surface area contributed by atoms with Gasteiger partial charge in [-0.15, -0.1) is 0 Å². The van der Waals surface area contributed by atoms with E-state index in [1.807, 2.05) is 0 Å². The van der Waals surface area contributed by atoms with Gasteiger partial charge in [0.15, 0.2) is 5.82 Å². The predicted molar refractivity (Wildman–Crippen MR) is 76.1 cm³/mol. The molecule has 2 aliphatic rings. The third-order valence-electron chi connectivity index (χ3n) is 4.51. The number of nitrogens with two attached hydrogens (primary N) is 1. The topological polar surface area (TPSA) is 99.9 Å². The van der Waals surface area contributed by atoms with Crippen molar-refractivity contribution < 1.29 is 5.11 Å². The van der Waals surface area contributed by atoms with Crippen molar-refractivity contribution in [2.45, 2.75) is 63.1 Å². The largest absolute Gasteiger partial charge is 0.391 e. The van der Waals surface area contributed by atoms with Crippen LogP contribution in [0.25, 0.3) is 0 Å². The Hall–Kier alpha value is -1.74. The smallest absolute Gasteiger partial charge is 0.168 e. The summed E-state index contributed by atoms with van der Waals surface area (Å²) in [7, 11) is 0. The van der Waals surface area contributed by atoms with Gasteiger partial charge in [0.1, 0.15) is 17.5 Å². The second-order valence-electron chi connectivity index (χ2n) is 5.86. The Balaban J connectivity index is 1.88. The monoisotopic (exact) mass is 275 g/mol. The number of aliphatic hydroxyl groups excluding tert-OH is 1. The molecule has 2 saturated carbocycles. The van der Waals surface area contributed by atoms with Crippen molar-refractivity contribution >= 4 is 11.6 Å². The lowest BCUT2D eigenvalue weighted by atomic mass is 9.93. The highest BCUT2D eigenvalue weighted by Gasteiger charge is 2.30. The summed E-state index contributed by atoms with van der Waals surface area (Å²) in [6.07, 6.45) is 6.77. The summed E-state index contributed by atoms with van der Waals surface area (Å²) in [6, 6.07) is 2.44. The van der Waals surface area contributed by atoms with Crippen LogP contribution in [0, 0.1) is 11.3 Å². The summed E-state index contributed by atoms with van der Waals surface area (Å²) < 4.78 is 1.66. The van der Waals surface area contributed by atoms with Crippen LogP contribution in [-0.4, -0.2) is 27.0 Å². The quantitative estimate of drug-likeness (QED) is 0.780. The van der Waals surface area contributed by atoms with Gasteiger partial charge in [-0.05, 0) is 32.1 Å². The number of anilines is 2. The van der Waals surface area contributed by atoms with Gasteiger partial charge < -0.3 is 16.2 Å². The van der Waals surface area contributed by atoms with E-state index in [-0.39, 0.29) is 6.04 Å². The van der Waals surface area contributed by atoms with E-state index in [0.717, 1.165) is 38.5 Å². The van der Waals surface area contributed by atoms with Gasteiger partial charge in [-0.25, -0.2) is 4.68 Å². The van der Waals surface area contributed by atoms with Crippen LogP contribution in [0.2, 0.25) is 0 Å². The van der Waals surface area contributed by atoms with E-state index < -0.39 is 6.10 Å². The van der Waals surface area contributed by atoms with Crippen molar-refractivity contribution in [2.24, 2.45) is 0 Å². The second-order valence-corrected chi connectivity index (χ2v) is 5.86. The lowest BCUT2D eigenvalue weighted by Gasteiger charge is -2.28. The molecule has 3 rings (SSSR count). The highest BCUT2D eigenvalue weighted by atomic mass is 16.3. The molecule has 0 saturated heterocycles. The first-order valence-corrected chi connectivity index (χ1v) is 7.43. The van der Waals surface area contributed by atoms with Gasteiger partial charge in [0.05, 0.1) is 12.1 Å². The normalized spacial score (nSPS) is 26.8. The van der Waals surface area contributed by atoms with Gasteiger partial charge in [-0.3, -0.25) is 0 Å². The minimum absolute atomic E-state index is 0.104. The van der Waals surface area contributed by atoms with Crippen LogP contribution in [0.5, 0.6) is 0 Å². The molecule has 0 bridgehead atoms. The number of aromatic nitrogens is 2. The highest BCUT2D eigenvalue weighted by Crippen LogP contribution is 2.34. The van der Waals surface area contributed by atoms with Crippen LogP contribution in [0.3, 0.4) is 0 Å². The molecular weight excluding hydrogens is 254 g/mol. The van der Waals surface area contributed by atoms with Crippen LogP contribution in [-0.2, 0) is 0 Å². The van der Waals surface area contributed by atoms with Crippen molar-refractivity contribution in [2.75, 3.05) is 11.1 Å². The molecule has 0 radical (unpaired) electrons. The Morgan fingerprint density at radius 1 is 1.25 bits per heavy atom.